The van der Waals surface area contributed by atoms with Crippen LogP contribution in [-0.2, 0) is 15.1 Å². The number of nitrogens with one attached hydrogen (secondary N) is 1. The van der Waals surface area contributed by atoms with Gasteiger partial charge in [0, 0.05) is 22.1 Å². The molecule has 1 saturated heterocycles. The van der Waals surface area contributed by atoms with Crippen molar-refractivity contribution in [2.45, 2.75) is 28.3 Å². The molecular formula is C35H30IN3O4. The van der Waals surface area contributed by atoms with Crippen molar-refractivity contribution in [3.63, 3.8) is 0 Å². The summed E-state index contributed by atoms with van der Waals surface area (Å²) in [6, 6.07) is 41.1. The first kappa shape index (κ1) is 29.0. The number of carbonyl (C=O) groups is 1. The van der Waals surface area contributed by atoms with E-state index in [9.17, 15) is 9.59 Å². The van der Waals surface area contributed by atoms with Gasteiger partial charge in [0.2, 0.25) is 0 Å². The number of carbonyl (C=O) groups excluding carboxylic acids is 1. The third-order valence-electron chi connectivity index (χ3n) is 7.58. The number of anilines is 1. The quantitative estimate of drug-likeness (QED) is 0.108. The highest BCUT2D eigenvalue weighted by Gasteiger charge is 2.41. The molecule has 216 valence electrons. The normalized spacial score (nSPS) is 18.3. The lowest BCUT2D eigenvalue weighted by molar-refractivity contribution is -0.0758. The van der Waals surface area contributed by atoms with Crippen LogP contribution in [0, 0.1) is 0 Å². The van der Waals surface area contributed by atoms with Crippen LogP contribution in [0.2, 0.25) is 0 Å². The third kappa shape index (κ3) is 6.17. The summed E-state index contributed by atoms with van der Waals surface area (Å²) in [4.78, 5) is 29.6. The number of benzene rings is 4. The molecule has 0 spiro atoms. The fourth-order valence-corrected chi connectivity index (χ4v) is 6.28. The average Bonchev–Trinajstić information content (AvgIpc) is 3.43. The third-order valence-corrected chi connectivity index (χ3v) is 8.90. The molecule has 0 aliphatic carbocycles. The Kier molecular flexibility index (Phi) is 8.78. The van der Waals surface area contributed by atoms with E-state index in [0.717, 1.165) is 16.7 Å². The molecule has 4 aromatic carbocycles. The van der Waals surface area contributed by atoms with E-state index < -0.39 is 17.5 Å². The molecule has 0 bridgehead atoms. The van der Waals surface area contributed by atoms with Gasteiger partial charge >= 0.3 is 5.69 Å². The Hall–Kier alpha value is -4.12. The minimum absolute atomic E-state index is 0.0898. The zero-order valence-corrected chi connectivity index (χ0v) is 25.4. The maximum Gasteiger partial charge on any atom is 0.351 e. The van der Waals surface area contributed by atoms with Crippen LogP contribution in [0.5, 0.6) is 0 Å². The Balaban J connectivity index is 1.23. The van der Waals surface area contributed by atoms with E-state index in [1.807, 2.05) is 60.7 Å². The highest BCUT2D eigenvalue weighted by molar-refractivity contribution is 14.1. The van der Waals surface area contributed by atoms with E-state index in [4.69, 9.17) is 9.47 Å². The van der Waals surface area contributed by atoms with Crippen LogP contribution in [-0.4, -0.2) is 32.1 Å². The van der Waals surface area contributed by atoms with E-state index in [0.29, 0.717) is 18.6 Å². The van der Waals surface area contributed by atoms with Crippen LogP contribution < -0.4 is 11.0 Å². The number of hydrogen-bond acceptors (Lipinski definition) is 5. The van der Waals surface area contributed by atoms with Crippen molar-refractivity contribution in [2.24, 2.45) is 0 Å². The van der Waals surface area contributed by atoms with Gasteiger partial charge in [-0.3, -0.25) is 9.36 Å². The molecule has 7 nitrogen and oxygen atoms in total. The van der Waals surface area contributed by atoms with E-state index in [2.05, 4.69) is 69.3 Å². The second-order valence-corrected chi connectivity index (χ2v) is 11.9. The molecule has 1 aromatic heterocycles. The zero-order chi connectivity index (χ0) is 29.6. The molecule has 43 heavy (non-hydrogen) atoms. The van der Waals surface area contributed by atoms with Crippen LogP contribution in [0.3, 0.4) is 0 Å². The summed E-state index contributed by atoms with van der Waals surface area (Å²) < 4.78 is 15.0. The maximum absolute atomic E-state index is 13.0. The zero-order valence-electron chi connectivity index (χ0n) is 23.3. The number of aromatic nitrogens is 2. The number of rotatable bonds is 9. The highest BCUT2D eigenvalue weighted by atomic mass is 127. The second kappa shape index (κ2) is 13.0. The van der Waals surface area contributed by atoms with Gasteiger partial charge in [-0.2, -0.15) is 4.98 Å². The van der Waals surface area contributed by atoms with Gasteiger partial charge in [0.05, 0.1) is 12.7 Å². The molecule has 0 unspecified atom stereocenters. The van der Waals surface area contributed by atoms with Crippen LogP contribution in [0.15, 0.2) is 138 Å². The molecule has 2 heterocycles. The number of hydrogen-bond donors (Lipinski definition) is 1. The largest absolute Gasteiger partial charge is 0.358 e. The molecule has 5 aromatic rings. The van der Waals surface area contributed by atoms with Crippen molar-refractivity contribution >= 4 is 34.3 Å². The Bertz CT molecular complexity index is 1620. The molecule has 1 aliphatic heterocycles. The SMILES string of the molecule is O=C(Nc1ccn([C@@H]2C[C@@H](I)[C@H](COC(c3ccccc3)(c3ccccc3)c3ccccc3)O2)c(=O)n1)c1ccccc1. The Labute approximate surface area is 263 Å². The first-order valence-corrected chi connectivity index (χ1v) is 15.3. The molecule has 0 radical (unpaired) electrons. The van der Waals surface area contributed by atoms with Crippen LogP contribution >= 0.6 is 22.6 Å². The summed E-state index contributed by atoms with van der Waals surface area (Å²) in [6.07, 6.45) is 1.45. The van der Waals surface area contributed by atoms with Crippen molar-refractivity contribution in [1.82, 2.24) is 9.55 Å². The summed E-state index contributed by atoms with van der Waals surface area (Å²) in [6.45, 7) is 0.302. The van der Waals surface area contributed by atoms with Crippen LogP contribution in [0.4, 0.5) is 5.82 Å². The summed E-state index contributed by atoms with van der Waals surface area (Å²) >= 11 is 2.37. The van der Waals surface area contributed by atoms with Gasteiger partial charge in [-0.1, -0.05) is 132 Å². The lowest BCUT2D eigenvalue weighted by Gasteiger charge is -2.37. The summed E-state index contributed by atoms with van der Waals surface area (Å²) in [5.41, 5.74) is 2.18. The fraction of sp³-hybridized carbons (Fsp3) is 0.171. The summed E-state index contributed by atoms with van der Waals surface area (Å²) in [5, 5.41) is 2.69. The molecule has 6 rings (SSSR count). The van der Waals surface area contributed by atoms with Gasteiger partial charge in [-0.25, -0.2) is 4.79 Å². The van der Waals surface area contributed by atoms with Gasteiger partial charge < -0.3 is 14.8 Å². The van der Waals surface area contributed by atoms with Gasteiger partial charge in [-0.15, -0.1) is 0 Å². The maximum atomic E-state index is 13.0. The molecule has 1 fully saturated rings. The lowest BCUT2D eigenvalue weighted by atomic mass is 9.80. The van der Waals surface area contributed by atoms with Crippen molar-refractivity contribution < 1.29 is 14.3 Å². The van der Waals surface area contributed by atoms with Crippen molar-refractivity contribution in [1.29, 1.82) is 0 Å². The molecule has 1 amide bonds. The van der Waals surface area contributed by atoms with Gasteiger partial charge in [0.15, 0.2) is 0 Å². The minimum atomic E-state index is -0.863. The number of halogens is 1. The fourth-order valence-electron chi connectivity index (χ4n) is 5.47. The minimum Gasteiger partial charge on any atom is -0.358 e. The molecule has 1 N–H and O–H groups in total. The number of ether oxygens (including phenoxy) is 2. The monoisotopic (exact) mass is 683 g/mol. The van der Waals surface area contributed by atoms with Crippen molar-refractivity contribution in [3.05, 3.63) is 166 Å². The Morgan fingerprint density at radius 1 is 0.837 bits per heavy atom. The molecule has 0 saturated carbocycles. The summed E-state index contributed by atoms with van der Waals surface area (Å²) in [5.74, 6) is -0.136. The van der Waals surface area contributed by atoms with E-state index in [-0.39, 0.29) is 21.8 Å². The topological polar surface area (TPSA) is 82.5 Å². The van der Waals surface area contributed by atoms with Crippen molar-refractivity contribution in [2.75, 3.05) is 11.9 Å². The smallest absolute Gasteiger partial charge is 0.351 e. The highest BCUT2D eigenvalue weighted by Crippen LogP contribution is 2.42. The summed E-state index contributed by atoms with van der Waals surface area (Å²) in [7, 11) is 0. The predicted octanol–water partition coefficient (Wildman–Crippen LogP) is 6.60. The molecule has 1 aliphatic rings. The first-order chi connectivity index (χ1) is 21.0. The lowest BCUT2D eigenvalue weighted by Crippen LogP contribution is -2.37. The Morgan fingerprint density at radius 2 is 1.35 bits per heavy atom. The van der Waals surface area contributed by atoms with Gasteiger partial charge in [-0.05, 0) is 34.9 Å². The van der Waals surface area contributed by atoms with Crippen LogP contribution in [0.1, 0.15) is 39.7 Å². The van der Waals surface area contributed by atoms with E-state index >= 15 is 0 Å². The predicted molar refractivity (Wildman–Crippen MR) is 174 cm³/mol. The number of amides is 1. The van der Waals surface area contributed by atoms with E-state index in [1.165, 1.54) is 4.57 Å². The van der Waals surface area contributed by atoms with Crippen LogP contribution in [0.25, 0.3) is 0 Å². The second-order valence-electron chi connectivity index (χ2n) is 10.3. The molecular weight excluding hydrogens is 653 g/mol. The van der Waals surface area contributed by atoms with Crippen molar-refractivity contribution in [3.8, 4) is 0 Å². The molecule has 3 atom stereocenters. The Morgan fingerprint density at radius 3 is 1.86 bits per heavy atom. The van der Waals surface area contributed by atoms with E-state index in [1.54, 1.807) is 36.5 Å². The first-order valence-electron chi connectivity index (χ1n) is 14.1. The number of alkyl halides is 1. The van der Waals surface area contributed by atoms with Gasteiger partial charge in [0.1, 0.15) is 17.6 Å². The molecule has 8 heteroatoms. The number of nitrogens with zero attached hydrogens (tertiary/aromatic N) is 2. The average molecular weight is 684 g/mol. The van der Waals surface area contributed by atoms with Gasteiger partial charge in [0.25, 0.3) is 5.91 Å². The standard InChI is InChI=1S/C35H30IN3O4/c36-29-23-32(39-22-21-31(38-34(39)41)37-33(40)25-13-5-1-6-14-25)43-30(29)24-42-35(26-15-7-2-8-16-26,27-17-9-3-10-18-27)28-19-11-4-12-20-28/h1-22,29-30,32H,23-24H2,(H,37,38,40,41)/t29-,30+,32+/m1/s1.